The average molecular weight is 164 g/mol. The first-order chi connectivity index (χ1) is 5.92. The van der Waals surface area contributed by atoms with Gasteiger partial charge in [0, 0.05) is 5.92 Å². The summed E-state index contributed by atoms with van der Waals surface area (Å²) in [5, 5.41) is 3.64. The molecule has 1 fully saturated rings. The van der Waals surface area contributed by atoms with E-state index in [-0.39, 0.29) is 0 Å². The number of rotatable bonds is 1. The van der Waals surface area contributed by atoms with Crippen LogP contribution in [0.1, 0.15) is 38.5 Å². The smallest absolute Gasteiger partial charge is 0.0617 e. The van der Waals surface area contributed by atoms with Crippen LogP contribution in [0.4, 0.5) is 0 Å². The van der Waals surface area contributed by atoms with Crippen LogP contribution < -0.4 is 0 Å². The van der Waals surface area contributed by atoms with E-state index in [9.17, 15) is 0 Å². The van der Waals surface area contributed by atoms with Gasteiger partial charge in [-0.1, -0.05) is 18.9 Å². The van der Waals surface area contributed by atoms with Gasteiger partial charge in [-0.2, -0.15) is 5.11 Å². The minimum absolute atomic E-state index is 0.644. The summed E-state index contributed by atoms with van der Waals surface area (Å²) in [5.74, 6) is 1.50. The first-order valence-corrected chi connectivity index (χ1v) is 4.99. The van der Waals surface area contributed by atoms with Crippen molar-refractivity contribution in [3.8, 4) is 0 Å². The van der Waals surface area contributed by atoms with Gasteiger partial charge in [-0.25, -0.2) is 5.53 Å². The van der Waals surface area contributed by atoms with Crippen molar-refractivity contribution >= 4 is 0 Å². The van der Waals surface area contributed by atoms with Gasteiger partial charge in [-0.15, -0.1) is 0 Å². The molecule has 2 heteroatoms. The molecule has 0 aromatic carbocycles. The molecule has 0 amide bonds. The Hall–Kier alpha value is -0.660. The predicted octanol–water partition coefficient (Wildman–Crippen LogP) is 3.50. The van der Waals surface area contributed by atoms with Crippen molar-refractivity contribution in [2.75, 3.05) is 0 Å². The molecule has 0 radical (unpaired) electrons. The predicted molar refractivity (Wildman–Crippen MR) is 47.9 cm³/mol. The summed E-state index contributed by atoms with van der Waals surface area (Å²) in [6.07, 6.45) is 10.0. The van der Waals surface area contributed by atoms with Gasteiger partial charge in [0.05, 0.1) is 5.70 Å². The van der Waals surface area contributed by atoms with Gasteiger partial charge in [0.2, 0.25) is 0 Å². The standard InChI is InChI=1S/C10H16N2/c11-12-10-7-3-5-8-4-1-2-6-9(8)10/h7-9,11H,1-6H2. The van der Waals surface area contributed by atoms with E-state index in [0.29, 0.717) is 5.92 Å². The number of allylic oxidation sites excluding steroid dienone is 2. The maximum atomic E-state index is 7.08. The van der Waals surface area contributed by atoms with Crippen LogP contribution in [-0.2, 0) is 0 Å². The molecule has 0 aromatic heterocycles. The zero-order chi connectivity index (χ0) is 8.39. The van der Waals surface area contributed by atoms with Crippen molar-refractivity contribution in [3.05, 3.63) is 11.8 Å². The number of hydrogen-bond donors (Lipinski definition) is 1. The van der Waals surface area contributed by atoms with Gasteiger partial charge in [0.1, 0.15) is 0 Å². The SMILES string of the molecule is N=NC1=CCCC2CCCCC12. The van der Waals surface area contributed by atoms with Crippen molar-refractivity contribution in [2.24, 2.45) is 17.0 Å². The molecule has 2 rings (SSSR count). The van der Waals surface area contributed by atoms with Crippen molar-refractivity contribution in [3.63, 3.8) is 0 Å². The van der Waals surface area contributed by atoms with Gasteiger partial charge < -0.3 is 0 Å². The topological polar surface area (TPSA) is 36.2 Å². The molecule has 0 bridgehead atoms. The van der Waals surface area contributed by atoms with Gasteiger partial charge >= 0.3 is 0 Å². The Bertz CT molecular complexity index is 208. The van der Waals surface area contributed by atoms with Crippen LogP contribution in [0.25, 0.3) is 0 Å². The Labute approximate surface area is 73.6 Å². The highest BCUT2D eigenvalue weighted by atomic mass is 15.0. The number of fused-ring (bicyclic) bond motifs is 1. The molecule has 2 unspecified atom stereocenters. The molecule has 12 heavy (non-hydrogen) atoms. The Morgan fingerprint density at radius 3 is 2.92 bits per heavy atom. The van der Waals surface area contributed by atoms with Crippen molar-refractivity contribution in [1.82, 2.24) is 0 Å². The molecule has 0 aromatic rings. The second-order valence-electron chi connectivity index (χ2n) is 3.97. The summed E-state index contributed by atoms with van der Waals surface area (Å²) < 4.78 is 0. The highest BCUT2D eigenvalue weighted by molar-refractivity contribution is 5.10. The van der Waals surface area contributed by atoms with Gasteiger partial charge in [-0.05, 0) is 31.6 Å². The lowest BCUT2D eigenvalue weighted by atomic mass is 9.72. The Kier molecular flexibility index (Phi) is 2.24. The molecule has 0 heterocycles. The molecule has 1 saturated carbocycles. The molecule has 2 aliphatic carbocycles. The summed E-state index contributed by atoms with van der Waals surface area (Å²) in [6, 6.07) is 0. The number of nitrogens with one attached hydrogen (secondary N) is 1. The van der Waals surface area contributed by atoms with E-state index in [4.69, 9.17) is 5.53 Å². The van der Waals surface area contributed by atoms with E-state index < -0.39 is 0 Å². The first kappa shape index (κ1) is 7.96. The van der Waals surface area contributed by atoms with Crippen LogP contribution in [0.15, 0.2) is 16.9 Å². The summed E-state index contributed by atoms with van der Waals surface area (Å²) in [5.41, 5.74) is 8.15. The lowest BCUT2D eigenvalue weighted by Crippen LogP contribution is -2.23. The zero-order valence-electron chi connectivity index (χ0n) is 7.42. The van der Waals surface area contributed by atoms with Gasteiger partial charge in [0.25, 0.3) is 0 Å². The minimum atomic E-state index is 0.644. The summed E-state index contributed by atoms with van der Waals surface area (Å²) in [4.78, 5) is 0. The molecule has 66 valence electrons. The maximum absolute atomic E-state index is 7.08. The first-order valence-electron chi connectivity index (χ1n) is 4.99. The number of hydrogen-bond acceptors (Lipinski definition) is 2. The average Bonchev–Trinajstić information content (AvgIpc) is 2.17. The molecule has 2 nitrogen and oxygen atoms in total. The van der Waals surface area contributed by atoms with Gasteiger partial charge in [0.15, 0.2) is 0 Å². The van der Waals surface area contributed by atoms with Crippen molar-refractivity contribution < 1.29 is 0 Å². The summed E-state index contributed by atoms with van der Waals surface area (Å²) in [7, 11) is 0. The molecular weight excluding hydrogens is 148 g/mol. The third-order valence-corrected chi connectivity index (χ3v) is 3.31. The van der Waals surface area contributed by atoms with E-state index >= 15 is 0 Å². The monoisotopic (exact) mass is 164 g/mol. The Morgan fingerprint density at radius 1 is 1.25 bits per heavy atom. The molecular formula is C10H16N2. The minimum Gasteiger partial charge on any atom is -0.205 e. The maximum Gasteiger partial charge on any atom is 0.0617 e. The van der Waals surface area contributed by atoms with Crippen LogP contribution in [0.2, 0.25) is 0 Å². The largest absolute Gasteiger partial charge is 0.205 e. The third kappa shape index (κ3) is 1.30. The summed E-state index contributed by atoms with van der Waals surface area (Å²) >= 11 is 0. The highest BCUT2D eigenvalue weighted by Crippen LogP contribution is 2.41. The molecule has 0 saturated heterocycles. The molecule has 2 aliphatic rings. The van der Waals surface area contributed by atoms with Crippen LogP contribution in [0.3, 0.4) is 0 Å². The highest BCUT2D eigenvalue weighted by Gasteiger charge is 2.29. The molecule has 1 N–H and O–H groups in total. The number of nitrogens with zero attached hydrogens (tertiary/aromatic N) is 1. The molecule has 0 spiro atoms. The van der Waals surface area contributed by atoms with E-state index in [0.717, 1.165) is 18.0 Å². The second-order valence-corrected chi connectivity index (χ2v) is 3.97. The summed E-state index contributed by atoms with van der Waals surface area (Å²) in [6.45, 7) is 0. The lowest BCUT2D eigenvalue weighted by molar-refractivity contribution is 0.243. The van der Waals surface area contributed by atoms with Crippen LogP contribution >= 0.6 is 0 Å². The van der Waals surface area contributed by atoms with E-state index in [1.54, 1.807) is 0 Å². The fourth-order valence-corrected chi connectivity index (χ4v) is 2.67. The second kappa shape index (κ2) is 3.38. The Morgan fingerprint density at radius 2 is 2.08 bits per heavy atom. The molecule has 0 aliphatic heterocycles. The normalized spacial score (nSPS) is 35.2. The molecule has 2 atom stereocenters. The Balaban J connectivity index is 2.14. The van der Waals surface area contributed by atoms with E-state index in [1.807, 2.05) is 0 Å². The van der Waals surface area contributed by atoms with Crippen LogP contribution in [0, 0.1) is 17.4 Å². The quantitative estimate of drug-likeness (QED) is 0.576. The van der Waals surface area contributed by atoms with Crippen LogP contribution in [-0.4, -0.2) is 0 Å². The van der Waals surface area contributed by atoms with E-state index in [1.165, 1.54) is 32.1 Å². The fourth-order valence-electron chi connectivity index (χ4n) is 2.67. The van der Waals surface area contributed by atoms with Crippen LogP contribution in [0.5, 0.6) is 0 Å². The lowest BCUT2D eigenvalue weighted by Gasteiger charge is -2.34. The fraction of sp³-hybridized carbons (Fsp3) is 0.800. The third-order valence-electron chi connectivity index (χ3n) is 3.31. The van der Waals surface area contributed by atoms with E-state index in [2.05, 4.69) is 11.2 Å². The van der Waals surface area contributed by atoms with Crippen molar-refractivity contribution in [1.29, 1.82) is 5.53 Å². The van der Waals surface area contributed by atoms with Crippen molar-refractivity contribution in [2.45, 2.75) is 38.5 Å². The zero-order valence-corrected chi connectivity index (χ0v) is 7.42. The van der Waals surface area contributed by atoms with Gasteiger partial charge in [-0.3, -0.25) is 0 Å².